The average Bonchev–Trinajstić information content (AvgIpc) is 2.16. The van der Waals surface area contributed by atoms with E-state index in [1.165, 1.54) is 0 Å². The smallest absolute Gasteiger partial charge is 0.0697 e. The lowest BCUT2D eigenvalue weighted by Crippen LogP contribution is -1.95. The van der Waals surface area contributed by atoms with Gasteiger partial charge in [0.1, 0.15) is 0 Å². The van der Waals surface area contributed by atoms with Gasteiger partial charge >= 0.3 is 0 Å². The van der Waals surface area contributed by atoms with E-state index in [1.54, 1.807) is 6.08 Å². The minimum Gasteiger partial charge on any atom is -0.326 e. The zero-order chi connectivity index (χ0) is 8.97. The van der Waals surface area contributed by atoms with E-state index in [-0.39, 0.29) is 0 Å². The van der Waals surface area contributed by atoms with E-state index in [9.17, 15) is 0 Å². The van der Waals surface area contributed by atoms with Crippen LogP contribution in [0.15, 0.2) is 29.8 Å². The fourth-order valence-corrected chi connectivity index (χ4v) is 1.03. The number of benzene rings is 1. The molecule has 1 aromatic carbocycles. The first-order chi connectivity index (χ1) is 5.81. The van der Waals surface area contributed by atoms with Crippen molar-refractivity contribution in [2.75, 3.05) is 0 Å². The minimum absolute atomic E-state index is 0.528. The molecule has 0 aromatic heterocycles. The van der Waals surface area contributed by atoms with Crippen molar-refractivity contribution in [3.8, 4) is 0 Å². The maximum Gasteiger partial charge on any atom is 0.0697 e. The Hall–Kier alpha value is -1.41. The molecule has 0 bridgehead atoms. The largest absolute Gasteiger partial charge is 0.326 e. The highest BCUT2D eigenvalue weighted by atomic mass is 14.7. The second-order valence-electron chi connectivity index (χ2n) is 2.46. The van der Waals surface area contributed by atoms with Gasteiger partial charge in [0.25, 0.3) is 0 Å². The van der Waals surface area contributed by atoms with Crippen LogP contribution >= 0.6 is 0 Å². The van der Waals surface area contributed by atoms with E-state index in [4.69, 9.17) is 5.73 Å². The molecule has 0 heterocycles. The number of hydrogen-bond donors (Lipinski definition) is 1. The third-order valence-corrected chi connectivity index (χ3v) is 1.72. The molecule has 0 saturated heterocycles. The Morgan fingerprint density at radius 2 is 2.25 bits per heavy atom. The molecule has 12 heavy (non-hydrogen) atoms. The lowest BCUT2D eigenvalue weighted by Gasteiger charge is -2.02. The Labute approximate surface area is 72.4 Å². The van der Waals surface area contributed by atoms with Gasteiger partial charge in [-0.15, -0.1) is 0 Å². The molecule has 2 nitrogen and oxygen atoms in total. The molecule has 0 spiro atoms. The van der Waals surface area contributed by atoms with E-state index in [2.05, 4.69) is 18.3 Å². The molecule has 1 aromatic rings. The predicted molar refractivity (Wildman–Crippen MR) is 53.6 cm³/mol. The van der Waals surface area contributed by atoms with Crippen molar-refractivity contribution in [3.05, 3.63) is 35.9 Å². The van der Waals surface area contributed by atoms with Gasteiger partial charge in [-0.2, -0.15) is 0 Å². The molecule has 0 aliphatic heterocycles. The van der Waals surface area contributed by atoms with Crippen molar-refractivity contribution in [3.63, 3.8) is 0 Å². The minimum atomic E-state index is 0.528. The second kappa shape index (κ2) is 3.83. The molecule has 0 aliphatic carbocycles. The molecule has 0 radical (unpaired) electrons. The topological polar surface area (TPSA) is 38.4 Å². The molecule has 0 fully saturated rings. The predicted octanol–water partition coefficient (Wildman–Crippen LogP) is 2.12. The van der Waals surface area contributed by atoms with Gasteiger partial charge in [0.15, 0.2) is 0 Å². The van der Waals surface area contributed by atoms with E-state index in [0.29, 0.717) is 6.54 Å². The normalized spacial score (nSPS) is 9.42. The molecule has 62 valence electrons. The Morgan fingerprint density at radius 3 is 2.75 bits per heavy atom. The van der Waals surface area contributed by atoms with Gasteiger partial charge in [0, 0.05) is 6.54 Å². The Morgan fingerprint density at radius 1 is 1.50 bits per heavy atom. The number of nitrogens with two attached hydrogens (primary N) is 1. The summed E-state index contributed by atoms with van der Waals surface area (Å²) in [6.45, 7) is 7.68. The molecule has 0 amide bonds. The molecule has 2 N–H and O–H groups in total. The monoisotopic (exact) mass is 160 g/mol. The third-order valence-electron chi connectivity index (χ3n) is 1.72. The Kier molecular flexibility index (Phi) is 2.77. The number of rotatable bonds is 3. The third kappa shape index (κ3) is 1.60. The van der Waals surface area contributed by atoms with Crippen molar-refractivity contribution in [1.82, 2.24) is 0 Å². The molecule has 1 rings (SSSR count). The lowest BCUT2D eigenvalue weighted by molar-refractivity contribution is 1.07. The highest BCUT2D eigenvalue weighted by Crippen LogP contribution is 2.21. The van der Waals surface area contributed by atoms with Crippen LogP contribution in [-0.4, -0.2) is 6.72 Å². The first-order valence-corrected chi connectivity index (χ1v) is 3.74. The van der Waals surface area contributed by atoms with Crippen molar-refractivity contribution < 1.29 is 0 Å². The maximum atomic E-state index is 5.48. The van der Waals surface area contributed by atoms with Crippen molar-refractivity contribution >= 4 is 18.5 Å². The fraction of sp³-hybridized carbons (Fsp3) is 0.100. The van der Waals surface area contributed by atoms with Crippen LogP contribution in [-0.2, 0) is 6.54 Å². The molecule has 0 atom stereocenters. The highest BCUT2D eigenvalue weighted by Gasteiger charge is 1.97. The van der Waals surface area contributed by atoms with Gasteiger partial charge < -0.3 is 5.73 Å². The Bertz CT molecular complexity index is 303. The van der Waals surface area contributed by atoms with Gasteiger partial charge in [0.2, 0.25) is 0 Å². The van der Waals surface area contributed by atoms with Crippen molar-refractivity contribution in [2.24, 2.45) is 10.7 Å². The van der Waals surface area contributed by atoms with E-state index in [1.807, 2.05) is 18.2 Å². The second-order valence-corrected chi connectivity index (χ2v) is 2.46. The van der Waals surface area contributed by atoms with Crippen LogP contribution in [0, 0.1) is 0 Å². The zero-order valence-corrected chi connectivity index (χ0v) is 6.96. The molecular formula is C10H12N2. The summed E-state index contributed by atoms with van der Waals surface area (Å²) in [5, 5.41) is 0. The molecule has 0 saturated carbocycles. The summed E-state index contributed by atoms with van der Waals surface area (Å²) < 4.78 is 0. The summed E-state index contributed by atoms with van der Waals surface area (Å²) >= 11 is 0. The van der Waals surface area contributed by atoms with Crippen LogP contribution < -0.4 is 5.73 Å². The lowest BCUT2D eigenvalue weighted by atomic mass is 10.1. The van der Waals surface area contributed by atoms with Gasteiger partial charge in [-0.3, -0.25) is 4.99 Å². The molecule has 0 unspecified atom stereocenters. The average molecular weight is 160 g/mol. The molecule has 0 aliphatic rings. The first-order valence-electron chi connectivity index (χ1n) is 3.74. The maximum absolute atomic E-state index is 5.48. The summed E-state index contributed by atoms with van der Waals surface area (Å²) in [5.74, 6) is 0. The van der Waals surface area contributed by atoms with Crippen molar-refractivity contribution in [2.45, 2.75) is 6.54 Å². The van der Waals surface area contributed by atoms with Crippen LogP contribution in [0.5, 0.6) is 0 Å². The summed E-state index contributed by atoms with van der Waals surface area (Å²) in [7, 11) is 0. The fourth-order valence-electron chi connectivity index (χ4n) is 1.03. The zero-order valence-electron chi connectivity index (χ0n) is 6.96. The van der Waals surface area contributed by atoms with Gasteiger partial charge in [-0.25, -0.2) is 0 Å². The SMILES string of the molecule is C=Cc1ccc(CN)cc1N=C. The van der Waals surface area contributed by atoms with Gasteiger partial charge in [-0.05, 0) is 23.9 Å². The van der Waals surface area contributed by atoms with Crippen LogP contribution in [0.4, 0.5) is 5.69 Å². The van der Waals surface area contributed by atoms with Crippen LogP contribution in [0.2, 0.25) is 0 Å². The summed E-state index contributed by atoms with van der Waals surface area (Å²) in [6.07, 6.45) is 1.75. The van der Waals surface area contributed by atoms with Crippen LogP contribution in [0.25, 0.3) is 6.08 Å². The standard InChI is InChI=1S/C10H12N2/c1-3-9-5-4-8(7-11)6-10(9)12-2/h3-6H,1-2,7,11H2. The van der Waals surface area contributed by atoms with Gasteiger partial charge in [-0.1, -0.05) is 24.8 Å². The summed E-state index contributed by atoms with van der Waals surface area (Å²) in [6, 6.07) is 5.83. The van der Waals surface area contributed by atoms with Gasteiger partial charge in [0.05, 0.1) is 5.69 Å². The summed E-state index contributed by atoms with van der Waals surface area (Å²) in [5.41, 5.74) is 8.36. The van der Waals surface area contributed by atoms with Crippen LogP contribution in [0.1, 0.15) is 11.1 Å². The highest BCUT2D eigenvalue weighted by molar-refractivity contribution is 5.65. The van der Waals surface area contributed by atoms with E-state index >= 15 is 0 Å². The van der Waals surface area contributed by atoms with E-state index < -0.39 is 0 Å². The number of nitrogens with zero attached hydrogens (tertiary/aromatic N) is 1. The van der Waals surface area contributed by atoms with Crippen molar-refractivity contribution in [1.29, 1.82) is 0 Å². The van der Waals surface area contributed by atoms with Crippen LogP contribution in [0.3, 0.4) is 0 Å². The number of aliphatic imine (C=N–C) groups is 1. The number of hydrogen-bond acceptors (Lipinski definition) is 2. The quantitative estimate of drug-likeness (QED) is 0.676. The summed E-state index contributed by atoms with van der Waals surface area (Å²) in [4.78, 5) is 3.87. The molecular weight excluding hydrogens is 148 g/mol. The molecule has 2 heteroatoms. The first kappa shape index (κ1) is 8.68. The Balaban J connectivity index is 3.18. The van der Waals surface area contributed by atoms with E-state index in [0.717, 1.165) is 16.8 Å².